The van der Waals surface area contributed by atoms with Crippen LogP contribution in [0.3, 0.4) is 0 Å². The number of ether oxygens (including phenoxy) is 3. The van der Waals surface area contributed by atoms with Crippen LogP contribution in [-0.2, 0) is 23.8 Å². The SMILES string of the molecule is COC1CCC([C@H]2CCN(C(=O)C3CCC([C@H](N)CF)CC3)[C@H]2C(=O)Nc2ccc3oc(C(=O)OC[C@H](C)OC)cc3c2)CC1. The number of fused-ring (bicyclic) bond motifs is 1. The van der Waals surface area contributed by atoms with Gasteiger partial charge in [0.05, 0.1) is 12.2 Å². The van der Waals surface area contributed by atoms with Crippen LogP contribution >= 0.6 is 0 Å². The summed E-state index contributed by atoms with van der Waals surface area (Å²) in [4.78, 5) is 42.3. The predicted molar refractivity (Wildman–Crippen MR) is 167 cm³/mol. The number of anilines is 1. The summed E-state index contributed by atoms with van der Waals surface area (Å²) in [5.74, 6) is -0.416. The lowest BCUT2D eigenvalue weighted by Crippen LogP contribution is -2.50. The van der Waals surface area contributed by atoms with Gasteiger partial charge in [-0.05, 0) is 107 Å². The first-order valence-electron chi connectivity index (χ1n) is 16.4. The number of esters is 1. The summed E-state index contributed by atoms with van der Waals surface area (Å²) in [5.41, 5.74) is 7.01. The number of carbonyl (C=O) groups is 3. The fourth-order valence-electron chi connectivity index (χ4n) is 7.57. The van der Waals surface area contributed by atoms with Crippen molar-refractivity contribution in [1.82, 2.24) is 4.90 Å². The summed E-state index contributed by atoms with van der Waals surface area (Å²) >= 11 is 0. The van der Waals surface area contributed by atoms with E-state index in [2.05, 4.69) is 5.32 Å². The summed E-state index contributed by atoms with van der Waals surface area (Å²) in [6.45, 7) is 1.90. The van der Waals surface area contributed by atoms with Crippen LogP contribution in [0.4, 0.5) is 10.1 Å². The van der Waals surface area contributed by atoms with Gasteiger partial charge in [0.2, 0.25) is 17.6 Å². The van der Waals surface area contributed by atoms with E-state index in [1.165, 1.54) is 0 Å². The quantitative estimate of drug-likeness (QED) is 0.329. The molecule has 1 aliphatic heterocycles. The van der Waals surface area contributed by atoms with Crippen molar-refractivity contribution in [2.45, 2.75) is 89.0 Å². The Labute approximate surface area is 264 Å². The van der Waals surface area contributed by atoms with Gasteiger partial charge in [-0.1, -0.05) is 0 Å². The molecule has 4 atom stereocenters. The number of furan rings is 1. The number of nitrogens with two attached hydrogens (primary N) is 1. The molecular formula is C34H48FN3O7. The van der Waals surface area contributed by atoms with E-state index in [1.807, 2.05) is 4.90 Å². The molecule has 0 spiro atoms. The molecular weight excluding hydrogens is 581 g/mol. The Kier molecular flexibility index (Phi) is 11.1. The number of hydrogen-bond donors (Lipinski definition) is 2. The Bertz CT molecular complexity index is 1320. The highest BCUT2D eigenvalue weighted by Gasteiger charge is 2.47. The molecule has 248 valence electrons. The second-order valence-electron chi connectivity index (χ2n) is 13.1. The smallest absolute Gasteiger partial charge is 0.374 e. The number of likely N-dealkylation sites (tertiary alicyclic amines) is 1. The van der Waals surface area contributed by atoms with Crippen molar-refractivity contribution in [2.75, 3.05) is 39.4 Å². The number of amides is 2. The standard InChI is InChI=1S/C34H48FN3O7/c1-20(42-2)19-44-34(41)30-17-24-16-25(10-13-29(24)45-30)37-32(39)31-27(21-8-11-26(43-3)12-9-21)14-15-38(31)33(40)23-6-4-22(5-7-23)28(36)18-35/h10,13,16-17,20-23,26-28,31H,4-9,11-12,14-15,18-19,36H2,1-3H3,(H,37,39)/t20-,21?,22?,23?,26?,27+,28+,31+/m0/s1. The second kappa shape index (κ2) is 15.0. The number of hydrogen-bond acceptors (Lipinski definition) is 8. The Balaban J connectivity index is 1.31. The van der Waals surface area contributed by atoms with E-state index < -0.39 is 24.7 Å². The van der Waals surface area contributed by atoms with Crippen LogP contribution in [0.2, 0.25) is 0 Å². The minimum absolute atomic E-state index is 0.0201. The first-order valence-corrected chi connectivity index (χ1v) is 16.4. The first-order chi connectivity index (χ1) is 21.7. The fraction of sp³-hybridized carbons (Fsp3) is 0.676. The molecule has 3 fully saturated rings. The number of benzene rings is 1. The highest BCUT2D eigenvalue weighted by molar-refractivity contribution is 6.00. The van der Waals surface area contributed by atoms with Gasteiger partial charge >= 0.3 is 5.97 Å². The highest BCUT2D eigenvalue weighted by atomic mass is 19.1. The van der Waals surface area contributed by atoms with Crippen LogP contribution in [0.15, 0.2) is 28.7 Å². The molecule has 3 aliphatic rings. The van der Waals surface area contributed by atoms with Gasteiger partial charge in [-0.25, -0.2) is 9.18 Å². The average Bonchev–Trinajstić information content (AvgIpc) is 3.71. The molecule has 1 saturated heterocycles. The summed E-state index contributed by atoms with van der Waals surface area (Å²) in [6.07, 6.45) is 7.38. The lowest BCUT2D eigenvalue weighted by molar-refractivity contribution is -0.142. The van der Waals surface area contributed by atoms with E-state index in [4.69, 9.17) is 24.4 Å². The van der Waals surface area contributed by atoms with Gasteiger partial charge in [-0.2, -0.15) is 0 Å². The zero-order valence-corrected chi connectivity index (χ0v) is 26.7. The van der Waals surface area contributed by atoms with Crippen molar-refractivity contribution >= 4 is 34.4 Å². The number of halogens is 1. The molecule has 10 nitrogen and oxygen atoms in total. The van der Waals surface area contributed by atoms with Gasteiger partial charge in [-0.15, -0.1) is 0 Å². The van der Waals surface area contributed by atoms with Gasteiger partial charge in [0.25, 0.3) is 0 Å². The van der Waals surface area contributed by atoms with Gasteiger partial charge in [-0.3, -0.25) is 9.59 Å². The number of carbonyl (C=O) groups excluding carboxylic acids is 3. The molecule has 0 radical (unpaired) electrons. The number of rotatable bonds is 11. The number of methoxy groups -OCH3 is 2. The van der Waals surface area contributed by atoms with E-state index in [1.54, 1.807) is 45.4 Å². The zero-order valence-electron chi connectivity index (χ0n) is 26.7. The fourth-order valence-corrected chi connectivity index (χ4v) is 7.57. The van der Waals surface area contributed by atoms with Gasteiger partial charge < -0.3 is 34.6 Å². The van der Waals surface area contributed by atoms with Crippen molar-refractivity contribution in [3.8, 4) is 0 Å². The van der Waals surface area contributed by atoms with Crippen molar-refractivity contribution in [3.05, 3.63) is 30.0 Å². The van der Waals surface area contributed by atoms with Crippen molar-refractivity contribution in [1.29, 1.82) is 0 Å². The third-order valence-electron chi connectivity index (χ3n) is 10.4. The van der Waals surface area contributed by atoms with Gasteiger partial charge in [0.15, 0.2) is 0 Å². The molecule has 5 rings (SSSR count). The van der Waals surface area contributed by atoms with E-state index >= 15 is 0 Å². The summed E-state index contributed by atoms with van der Waals surface area (Å²) in [7, 11) is 3.29. The average molecular weight is 630 g/mol. The highest BCUT2D eigenvalue weighted by Crippen LogP contribution is 2.42. The van der Waals surface area contributed by atoms with Crippen LogP contribution in [0.1, 0.15) is 75.3 Å². The molecule has 2 heterocycles. The third-order valence-corrected chi connectivity index (χ3v) is 10.4. The maximum absolute atomic E-state index is 14.1. The molecule has 11 heteroatoms. The Morgan fingerprint density at radius 3 is 2.44 bits per heavy atom. The zero-order chi connectivity index (χ0) is 32.1. The lowest BCUT2D eigenvalue weighted by Gasteiger charge is -2.37. The number of alkyl halides is 1. The topological polar surface area (TPSA) is 133 Å². The van der Waals surface area contributed by atoms with Gasteiger partial charge in [0, 0.05) is 43.8 Å². The Morgan fingerprint density at radius 2 is 1.78 bits per heavy atom. The van der Waals surface area contributed by atoms with Crippen LogP contribution in [0.25, 0.3) is 11.0 Å². The largest absolute Gasteiger partial charge is 0.457 e. The van der Waals surface area contributed by atoms with E-state index in [0.717, 1.165) is 44.9 Å². The van der Waals surface area contributed by atoms with Gasteiger partial charge in [0.1, 0.15) is 24.9 Å². The van der Waals surface area contributed by atoms with E-state index in [-0.39, 0.29) is 54.1 Å². The lowest BCUT2D eigenvalue weighted by atomic mass is 9.75. The number of nitrogens with zero attached hydrogens (tertiary/aromatic N) is 1. The molecule has 2 saturated carbocycles. The predicted octanol–water partition coefficient (Wildman–Crippen LogP) is 5.09. The Morgan fingerprint density at radius 1 is 1.04 bits per heavy atom. The maximum Gasteiger partial charge on any atom is 0.374 e. The normalized spacial score (nSPS) is 28.5. The third kappa shape index (κ3) is 7.69. The van der Waals surface area contributed by atoms with Crippen LogP contribution in [-0.4, -0.2) is 81.0 Å². The first kappa shape index (κ1) is 33.3. The molecule has 0 bridgehead atoms. The molecule has 0 unspecified atom stereocenters. The molecule has 2 aliphatic carbocycles. The number of nitrogens with one attached hydrogen (secondary N) is 1. The molecule has 45 heavy (non-hydrogen) atoms. The van der Waals surface area contributed by atoms with Crippen LogP contribution in [0.5, 0.6) is 0 Å². The Hall–Kier alpha value is -3.02. The molecule has 2 aromatic rings. The molecule has 3 N–H and O–H groups in total. The molecule has 1 aromatic carbocycles. The molecule has 2 amide bonds. The monoisotopic (exact) mass is 629 g/mol. The van der Waals surface area contributed by atoms with Crippen molar-refractivity contribution in [3.63, 3.8) is 0 Å². The van der Waals surface area contributed by atoms with E-state index in [0.29, 0.717) is 42.0 Å². The van der Waals surface area contributed by atoms with E-state index in [9.17, 15) is 18.8 Å². The minimum atomic E-state index is -0.590. The van der Waals surface area contributed by atoms with Crippen molar-refractivity contribution in [2.24, 2.45) is 29.4 Å². The summed E-state index contributed by atoms with van der Waals surface area (Å²) < 4.78 is 34.8. The summed E-state index contributed by atoms with van der Waals surface area (Å²) in [6, 6.07) is 5.74. The molecule has 1 aromatic heterocycles. The van der Waals surface area contributed by atoms with Crippen LogP contribution in [0, 0.1) is 23.7 Å². The maximum atomic E-state index is 14.1. The van der Waals surface area contributed by atoms with Crippen LogP contribution < -0.4 is 11.1 Å². The second-order valence-corrected chi connectivity index (χ2v) is 13.1. The minimum Gasteiger partial charge on any atom is -0.457 e. The van der Waals surface area contributed by atoms with Crippen molar-refractivity contribution < 1.29 is 37.4 Å². The summed E-state index contributed by atoms with van der Waals surface area (Å²) in [5, 5.41) is 3.73.